The first-order valence-electron chi connectivity index (χ1n) is 4.44. The highest BCUT2D eigenvalue weighted by atomic mass is 16.1. The fraction of sp³-hybridized carbons (Fsp3) is 0.400. The number of H-pyrrole nitrogens is 1. The van der Waals surface area contributed by atoms with Crippen molar-refractivity contribution in [2.45, 2.75) is 26.2 Å². The van der Waals surface area contributed by atoms with Crippen molar-refractivity contribution in [1.82, 2.24) is 4.98 Å². The lowest BCUT2D eigenvalue weighted by atomic mass is 9.94. The number of hydrogen-bond acceptors (Lipinski definition) is 2. The average molecular weight is 177 g/mol. The average Bonchev–Trinajstić information content (AvgIpc) is 2.09. The van der Waals surface area contributed by atoms with E-state index in [2.05, 4.69) is 4.98 Å². The minimum absolute atomic E-state index is 0.0755. The molecule has 1 aliphatic carbocycles. The summed E-state index contributed by atoms with van der Waals surface area (Å²) in [4.78, 5) is 25.4. The number of aromatic nitrogens is 1. The van der Waals surface area contributed by atoms with Gasteiger partial charge >= 0.3 is 0 Å². The second-order valence-corrected chi connectivity index (χ2v) is 3.45. The number of rotatable bonds is 0. The Morgan fingerprint density at radius 1 is 1.31 bits per heavy atom. The van der Waals surface area contributed by atoms with Gasteiger partial charge in [-0.2, -0.15) is 0 Å². The normalized spacial score (nSPS) is 15.6. The van der Waals surface area contributed by atoms with Crippen molar-refractivity contribution in [3.8, 4) is 0 Å². The lowest BCUT2D eigenvalue weighted by molar-refractivity contribution is 0.0971. The van der Waals surface area contributed by atoms with Crippen molar-refractivity contribution in [3.63, 3.8) is 0 Å². The molecule has 2 rings (SSSR count). The number of ketones is 1. The molecule has 0 saturated carbocycles. The van der Waals surface area contributed by atoms with Crippen molar-refractivity contribution in [3.05, 3.63) is 33.2 Å². The fourth-order valence-electron chi connectivity index (χ4n) is 1.68. The molecule has 1 N–H and O–H groups in total. The van der Waals surface area contributed by atoms with Gasteiger partial charge in [0.15, 0.2) is 5.78 Å². The van der Waals surface area contributed by atoms with Gasteiger partial charge in [0, 0.05) is 23.2 Å². The van der Waals surface area contributed by atoms with E-state index in [-0.39, 0.29) is 11.3 Å². The second kappa shape index (κ2) is 2.83. The Labute approximate surface area is 75.8 Å². The molecule has 1 aromatic rings. The second-order valence-electron chi connectivity index (χ2n) is 3.45. The van der Waals surface area contributed by atoms with Gasteiger partial charge in [0.05, 0.1) is 0 Å². The molecule has 0 fully saturated rings. The third-order valence-corrected chi connectivity index (χ3v) is 2.44. The van der Waals surface area contributed by atoms with Crippen molar-refractivity contribution in [2.75, 3.05) is 0 Å². The number of nitrogens with one attached hydrogen (secondary N) is 1. The Bertz CT molecular complexity index is 417. The number of aromatic amines is 1. The Kier molecular flexibility index (Phi) is 1.79. The number of carbonyl (C=O) groups excluding carboxylic acids is 1. The van der Waals surface area contributed by atoms with Gasteiger partial charge in [-0.3, -0.25) is 9.59 Å². The number of carbonyl (C=O) groups is 1. The highest BCUT2D eigenvalue weighted by Gasteiger charge is 2.18. The molecule has 13 heavy (non-hydrogen) atoms. The number of pyridine rings is 1. The molecule has 0 bridgehead atoms. The Hall–Kier alpha value is -1.38. The van der Waals surface area contributed by atoms with Crippen LogP contribution in [-0.2, 0) is 6.42 Å². The van der Waals surface area contributed by atoms with Crippen LogP contribution >= 0.6 is 0 Å². The van der Waals surface area contributed by atoms with Gasteiger partial charge in [-0.05, 0) is 25.8 Å². The SMILES string of the molecule is Cc1cc2c([nH]c1=O)CCCC2=O. The summed E-state index contributed by atoms with van der Waals surface area (Å²) in [5.41, 5.74) is 2.07. The van der Waals surface area contributed by atoms with Crippen molar-refractivity contribution in [1.29, 1.82) is 0 Å². The van der Waals surface area contributed by atoms with E-state index < -0.39 is 0 Å². The van der Waals surface area contributed by atoms with E-state index in [0.29, 0.717) is 17.5 Å². The number of hydrogen-bond donors (Lipinski definition) is 1. The molecule has 0 amide bonds. The highest BCUT2D eigenvalue weighted by Crippen LogP contribution is 2.18. The molecule has 0 aromatic carbocycles. The molecular weight excluding hydrogens is 166 g/mol. The predicted octanol–water partition coefficient (Wildman–Crippen LogP) is 1.20. The first-order chi connectivity index (χ1) is 6.18. The molecule has 0 radical (unpaired) electrons. The van der Waals surface area contributed by atoms with Gasteiger partial charge in [-0.25, -0.2) is 0 Å². The van der Waals surface area contributed by atoms with E-state index in [4.69, 9.17) is 0 Å². The summed E-state index contributed by atoms with van der Waals surface area (Å²) in [5.74, 6) is 0.153. The number of Topliss-reactive ketones (excluding diaryl/α,β-unsaturated/α-hetero) is 1. The summed E-state index contributed by atoms with van der Waals surface area (Å²) in [5, 5.41) is 0. The Morgan fingerprint density at radius 3 is 2.85 bits per heavy atom. The summed E-state index contributed by atoms with van der Waals surface area (Å²) >= 11 is 0. The lowest BCUT2D eigenvalue weighted by Gasteiger charge is -2.13. The van der Waals surface area contributed by atoms with Crippen molar-refractivity contribution in [2.24, 2.45) is 0 Å². The minimum Gasteiger partial charge on any atom is -0.325 e. The highest BCUT2D eigenvalue weighted by molar-refractivity contribution is 5.98. The van der Waals surface area contributed by atoms with E-state index in [9.17, 15) is 9.59 Å². The summed E-state index contributed by atoms with van der Waals surface area (Å²) < 4.78 is 0. The van der Waals surface area contributed by atoms with Gasteiger partial charge in [0.25, 0.3) is 5.56 Å². The predicted molar refractivity (Wildman–Crippen MR) is 49.1 cm³/mol. The van der Waals surface area contributed by atoms with Crippen LogP contribution in [0.2, 0.25) is 0 Å². The molecule has 3 heteroatoms. The van der Waals surface area contributed by atoms with Gasteiger partial charge < -0.3 is 4.98 Å². The zero-order chi connectivity index (χ0) is 9.42. The first-order valence-corrected chi connectivity index (χ1v) is 4.44. The largest absolute Gasteiger partial charge is 0.325 e. The maximum atomic E-state index is 11.4. The van der Waals surface area contributed by atoms with Crippen molar-refractivity contribution >= 4 is 5.78 Å². The minimum atomic E-state index is -0.0755. The molecule has 0 spiro atoms. The zero-order valence-electron chi connectivity index (χ0n) is 7.52. The van der Waals surface area contributed by atoms with Crippen LogP contribution in [0.4, 0.5) is 0 Å². The number of fused-ring (bicyclic) bond motifs is 1. The van der Waals surface area contributed by atoms with E-state index in [0.717, 1.165) is 18.5 Å². The molecule has 0 saturated heterocycles. The van der Waals surface area contributed by atoms with Crippen LogP contribution < -0.4 is 5.56 Å². The quantitative estimate of drug-likeness (QED) is 0.647. The van der Waals surface area contributed by atoms with Crippen LogP contribution in [0.3, 0.4) is 0 Å². The number of aryl methyl sites for hydroxylation is 2. The monoisotopic (exact) mass is 177 g/mol. The topological polar surface area (TPSA) is 49.9 Å². The van der Waals surface area contributed by atoms with Crippen LogP contribution in [0, 0.1) is 6.92 Å². The van der Waals surface area contributed by atoms with Gasteiger partial charge in [-0.1, -0.05) is 0 Å². The standard InChI is InChI=1S/C10H11NO2/c1-6-5-7-8(11-10(6)13)3-2-4-9(7)12/h5H,2-4H2,1H3,(H,11,13). The summed E-state index contributed by atoms with van der Waals surface area (Å²) in [6, 6.07) is 1.70. The summed E-state index contributed by atoms with van der Waals surface area (Å²) in [6.45, 7) is 1.72. The Balaban J connectivity index is 2.65. The third kappa shape index (κ3) is 1.30. The summed E-state index contributed by atoms with van der Waals surface area (Å²) in [7, 11) is 0. The molecule has 1 aliphatic rings. The van der Waals surface area contributed by atoms with Gasteiger partial charge in [-0.15, -0.1) is 0 Å². The maximum Gasteiger partial charge on any atom is 0.251 e. The zero-order valence-corrected chi connectivity index (χ0v) is 7.52. The molecular formula is C10H11NO2. The molecule has 1 aromatic heterocycles. The molecule has 1 heterocycles. The molecule has 68 valence electrons. The lowest BCUT2D eigenvalue weighted by Crippen LogP contribution is -2.20. The smallest absolute Gasteiger partial charge is 0.251 e. The molecule has 0 aliphatic heterocycles. The maximum absolute atomic E-state index is 11.4. The first kappa shape index (κ1) is 8.23. The molecule has 0 unspecified atom stereocenters. The van der Waals surface area contributed by atoms with Gasteiger partial charge in [0.1, 0.15) is 0 Å². The van der Waals surface area contributed by atoms with E-state index in [1.54, 1.807) is 13.0 Å². The molecule has 3 nitrogen and oxygen atoms in total. The van der Waals surface area contributed by atoms with Crippen LogP contribution in [-0.4, -0.2) is 10.8 Å². The molecule has 0 atom stereocenters. The van der Waals surface area contributed by atoms with Crippen LogP contribution in [0.5, 0.6) is 0 Å². The third-order valence-electron chi connectivity index (χ3n) is 2.44. The van der Waals surface area contributed by atoms with Crippen LogP contribution in [0.25, 0.3) is 0 Å². The van der Waals surface area contributed by atoms with Crippen LogP contribution in [0.1, 0.15) is 34.5 Å². The Morgan fingerprint density at radius 2 is 2.08 bits per heavy atom. The van der Waals surface area contributed by atoms with Gasteiger partial charge in [0.2, 0.25) is 0 Å². The van der Waals surface area contributed by atoms with E-state index in [1.165, 1.54) is 0 Å². The van der Waals surface area contributed by atoms with Crippen LogP contribution in [0.15, 0.2) is 10.9 Å². The van der Waals surface area contributed by atoms with E-state index >= 15 is 0 Å². The fourth-order valence-corrected chi connectivity index (χ4v) is 1.68. The van der Waals surface area contributed by atoms with E-state index in [1.807, 2.05) is 0 Å². The van der Waals surface area contributed by atoms with Crippen molar-refractivity contribution < 1.29 is 4.79 Å². The summed E-state index contributed by atoms with van der Waals surface area (Å²) in [6.07, 6.45) is 2.28.